The average Bonchev–Trinajstić information content (AvgIpc) is 2.62. The van der Waals surface area contributed by atoms with Crippen molar-refractivity contribution in [2.24, 2.45) is 0 Å². The Kier molecular flexibility index (Phi) is 6.13. The van der Waals surface area contributed by atoms with Crippen LogP contribution in [0.15, 0.2) is 42.0 Å². The highest BCUT2D eigenvalue weighted by Gasteiger charge is 2.29. The predicted molar refractivity (Wildman–Crippen MR) is 96.4 cm³/mol. The number of nitrogens with one attached hydrogen (secondary N) is 1. The molecule has 2 aromatic carbocycles. The van der Waals surface area contributed by atoms with Crippen molar-refractivity contribution in [3.63, 3.8) is 0 Å². The standard InChI is InChI=1S/C19H14ClF3N2O2/c1-11-7-16(17(27-2)9-15(11)20)25-18(26)13(10-24)8-12-3-5-14(6-4-12)19(21,22)23/h3-9H,1-2H3,(H,25,26)/b13-8+. The quantitative estimate of drug-likeness (QED) is 0.571. The monoisotopic (exact) mass is 394 g/mol. The molecule has 27 heavy (non-hydrogen) atoms. The second-order valence-electron chi connectivity index (χ2n) is 5.55. The van der Waals surface area contributed by atoms with Crippen molar-refractivity contribution in [3.05, 3.63) is 63.7 Å². The third-order valence-corrected chi connectivity index (χ3v) is 4.05. The molecule has 0 unspecified atom stereocenters. The number of amides is 1. The first-order valence-electron chi connectivity index (χ1n) is 7.60. The highest BCUT2D eigenvalue weighted by atomic mass is 35.5. The lowest BCUT2D eigenvalue weighted by atomic mass is 10.1. The zero-order chi connectivity index (χ0) is 20.2. The number of halogens is 4. The first-order chi connectivity index (χ1) is 12.7. The van der Waals surface area contributed by atoms with Gasteiger partial charge in [-0.1, -0.05) is 23.7 Å². The summed E-state index contributed by atoms with van der Waals surface area (Å²) in [5.74, 6) is -0.414. The number of carbonyl (C=O) groups excluding carboxylic acids is 1. The van der Waals surface area contributed by atoms with Crippen molar-refractivity contribution in [2.45, 2.75) is 13.1 Å². The summed E-state index contributed by atoms with van der Waals surface area (Å²) in [6.45, 7) is 1.74. The normalized spacial score (nSPS) is 11.7. The predicted octanol–water partition coefficient (Wildman–Crippen LogP) is 5.22. The number of rotatable bonds is 4. The average molecular weight is 395 g/mol. The Bertz CT molecular complexity index is 930. The number of benzene rings is 2. The van der Waals surface area contributed by atoms with Crippen LogP contribution in [-0.2, 0) is 11.0 Å². The van der Waals surface area contributed by atoms with Crippen LogP contribution in [0.25, 0.3) is 6.08 Å². The Morgan fingerprint density at radius 2 is 1.89 bits per heavy atom. The molecule has 2 rings (SSSR count). The molecule has 0 fully saturated rings. The maximum Gasteiger partial charge on any atom is 0.416 e. The lowest BCUT2D eigenvalue weighted by molar-refractivity contribution is -0.137. The van der Waals surface area contributed by atoms with Crippen LogP contribution in [0, 0.1) is 18.3 Å². The van der Waals surface area contributed by atoms with Gasteiger partial charge in [-0.3, -0.25) is 4.79 Å². The molecule has 8 heteroatoms. The maximum absolute atomic E-state index is 12.6. The number of nitrogens with zero attached hydrogens (tertiary/aromatic N) is 1. The first kappa shape index (κ1) is 20.3. The molecular formula is C19H14ClF3N2O2. The molecular weight excluding hydrogens is 381 g/mol. The molecule has 0 heterocycles. The van der Waals surface area contributed by atoms with E-state index in [2.05, 4.69) is 5.32 Å². The van der Waals surface area contributed by atoms with Crippen LogP contribution in [0.2, 0.25) is 5.02 Å². The van der Waals surface area contributed by atoms with Gasteiger partial charge in [0, 0.05) is 11.1 Å². The van der Waals surface area contributed by atoms with Gasteiger partial charge in [0.15, 0.2) is 0 Å². The van der Waals surface area contributed by atoms with Gasteiger partial charge in [0.2, 0.25) is 0 Å². The number of nitriles is 1. The van der Waals surface area contributed by atoms with E-state index < -0.39 is 17.6 Å². The molecule has 0 aliphatic rings. The van der Waals surface area contributed by atoms with Crippen LogP contribution < -0.4 is 10.1 Å². The molecule has 0 bridgehead atoms. The number of anilines is 1. The fourth-order valence-electron chi connectivity index (χ4n) is 2.20. The van der Waals surface area contributed by atoms with E-state index in [1.54, 1.807) is 19.1 Å². The fraction of sp³-hybridized carbons (Fsp3) is 0.158. The van der Waals surface area contributed by atoms with Gasteiger partial charge in [0.05, 0.1) is 18.4 Å². The Morgan fingerprint density at radius 1 is 1.26 bits per heavy atom. The van der Waals surface area contributed by atoms with Crippen LogP contribution in [0.3, 0.4) is 0 Å². The number of ether oxygens (including phenoxy) is 1. The summed E-state index contributed by atoms with van der Waals surface area (Å²) < 4.78 is 42.9. The van der Waals surface area contributed by atoms with Crippen LogP contribution >= 0.6 is 11.6 Å². The van der Waals surface area contributed by atoms with Gasteiger partial charge in [-0.2, -0.15) is 18.4 Å². The number of alkyl halides is 3. The van der Waals surface area contributed by atoms with Gasteiger partial charge >= 0.3 is 6.18 Å². The van der Waals surface area contributed by atoms with E-state index >= 15 is 0 Å². The maximum atomic E-state index is 12.6. The van der Waals surface area contributed by atoms with Crippen LogP contribution in [0.4, 0.5) is 18.9 Å². The summed E-state index contributed by atoms with van der Waals surface area (Å²) in [4.78, 5) is 12.4. The van der Waals surface area contributed by atoms with E-state index in [4.69, 9.17) is 16.3 Å². The molecule has 1 amide bonds. The van der Waals surface area contributed by atoms with Crippen molar-refractivity contribution in [1.82, 2.24) is 0 Å². The molecule has 1 N–H and O–H groups in total. The van der Waals surface area contributed by atoms with Gasteiger partial charge in [-0.25, -0.2) is 0 Å². The smallest absolute Gasteiger partial charge is 0.416 e. The first-order valence-corrected chi connectivity index (χ1v) is 7.98. The Hall–Kier alpha value is -2.98. The Labute approximate surface area is 158 Å². The van der Waals surface area contributed by atoms with E-state index in [-0.39, 0.29) is 11.1 Å². The molecule has 0 aliphatic heterocycles. The number of hydrogen-bond donors (Lipinski definition) is 1. The van der Waals surface area contributed by atoms with Crippen molar-refractivity contribution in [3.8, 4) is 11.8 Å². The van der Waals surface area contributed by atoms with Crippen LogP contribution in [0.5, 0.6) is 5.75 Å². The van der Waals surface area contributed by atoms with E-state index in [9.17, 15) is 23.2 Å². The van der Waals surface area contributed by atoms with E-state index in [1.165, 1.54) is 31.4 Å². The summed E-state index contributed by atoms with van der Waals surface area (Å²) in [6.07, 6.45) is -3.26. The number of methoxy groups -OCH3 is 1. The second-order valence-corrected chi connectivity index (χ2v) is 5.95. The number of aryl methyl sites for hydroxylation is 1. The molecule has 0 spiro atoms. The highest BCUT2D eigenvalue weighted by molar-refractivity contribution is 6.31. The minimum absolute atomic E-state index is 0.274. The Morgan fingerprint density at radius 3 is 2.41 bits per heavy atom. The summed E-state index contributed by atoms with van der Waals surface area (Å²) in [7, 11) is 1.40. The summed E-state index contributed by atoms with van der Waals surface area (Å²) >= 11 is 6.01. The molecule has 0 atom stereocenters. The van der Waals surface area contributed by atoms with Crippen molar-refractivity contribution < 1.29 is 22.7 Å². The van der Waals surface area contributed by atoms with Gasteiger partial charge < -0.3 is 10.1 Å². The second kappa shape index (κ2) is 8.14. The van der Waals surface area contributed by atoms with Gasteiger partial charge in [-0.05, 0) is 42.3 Å². The third kappa shape index (κ3) is 5.02. The van der Waals surface area contributed by atoms with E-state index in [0.29, 0.717) is 22.0 Å². The molecule has 0 aromatic heterocycles. The lowest BCUT2D eigenvalue weighted by Crippen LogP contribution is -2.14. The highest BCUT2D eigenvalue weighted by Crippen LogP contribution is 2.32. The molecule has 0 aliphatic carbocycles. The topological polar surface area (TPSA) is 62.1 Å². The minimum Gasteiger partial charge on any atom is -0.495 e. The third-order valence-electron chi connectivity index (χ3n) is 3.64. The molecule has 0 radical (unpaired) electrons. The minimum atomic E-state index is -4.46. The van der Waals surface area contributed by atoms with Crippen LogP contribution in [-0.4, -0.2) is 13.0 Å². The van der Waals surface area contributed by atoms with Crippen molar-refractivity contribution in [1.29, 1.82) is 5.26 Å². The number of carbonyl (C=O) groups is 1. The molecule has 0 saturated carbocycles. The molecule has 0 saturated heterocycles. The molecule has 2 aromatic rings. The zero-order valence-electron chi connectivity index (χ0n) is 14.3. The molecule has 4 nitrogen and oxygen atoms in total. The Balaban J connectivity index is 2.28. The van der Waals surface area contributed by atoms with Crippen LogP contribution in [0.1, 0.15) is 16.7 Å². The zero-order valence-corrected chi connectivity index (χ0v) is 15.1. The SMILES string of the molecule is COc1cc(Cl)c(C)cc1NC(=O)/C(C#N)=C/c1ccc(C(F)(F)F)cc1. The van der Waals surface area contributed by atoms with E-state index in [0.717, 1.165) is 12.1 Å². The van der Waals surface area contributed by atoms with Crippen molar-refractivity contribution >= 4 is 29.3 Å². The van der Waals surface area contributed by atoms with Gasteiger partial charge in [-0.15, -0.1) is 0 Å². The summed E-state index contributed by atoms with van der Waals surface area (Å²) in [6, 6.07) is 8.97. The summed E-state index contributed by atoms with van der Waals surface area (Å²) in [5.41, 5.74) is 0.207. The fourth-order valence-corrected chi connectivity index (χ4v) is 2.36. The molecule has 140 valence electrons. The summed E-state index contributed by atoms with van der Waals surface area (Å²) in [5, 5.41) is 12.2. The van der Waals surface area contributed by atoms with Gasteiger partial charge in [0.25, 0.3) is 5.91 Å². The van der Waals surface area contributed by atoms with Gasteiger partial charge in [0.1, 0.15) is 17.4 Å². The number of hydrogen-bond acceptors (Lipinski definition) is 3. The van der Waals surface area contributed by atoms with Crippen molar-refractivity contribution in [2.75, 3.05) is 12.4 Å². The lowest BCUT2D eigenvalue weighted by Gasteiger charge is -2.12. The largest absolute Gasteiger partial charge is 0.495 e. The van der Waals surface area contributed by atoms with E-state index in [1.807, 2.05) is 0 Å².